The minimum Gasteiger partial charge on any atom is -0.341 e. The van der Waals surface area contributed by atoms with E-state index in [1.165, 1.54) is 5.56 Å². The molecule has 0 bridgehead atoms. The lowest BCUT2D eigenvalue weighted by Gasteiger charge is -2.33. The van der Waals surface area contributed by atoms with Gasteiger partial charge < -0.3 is 10.2 Å². The van der Waals surface area contributed by atoms with Crippen LogP contribution in [0.25, 0.3) is 0 Å². The molecule has 2 fully saturated rings. The summed E-state index contributed by atoms with van der Waals surface area (Å²) < 4.78 is 0. The number of amides is 1. The van der Waals surface area contributed by atoms with Gasteiger partial charge in [-0.05, 0) is 37.9 Å². The van der Waals surface area contributed by atoms with Gasteiger partial charge in [0.2, 0.25) is 5.91 Å². The fourth-order valence-electron chi connectivity index (χ4n) is 3.24. The number of likely N-dealkylation sites (N-methyl/N-ethyl adjacent to an activating group) is 1. The van der Waals surface area contributed by atoms with Gasteiger partial charge in [-0.2, -0.15) is 0 Å². The van der Waals surface area contributed by atoms with Crippen molar-refractivity contribution >= 4 is 5.91 Å². The summed E-state index contributed by atoms with van der Waals surface area (Å²) in [4.78, 5) is 14.6. The van der Waals surface area contributed by atoms with Gasteiger partial charge in [0.15, 0.2) is 0 Å². The SMILES string of the molecule is CN(C(=O)C1CC(c2ccccc2)NN1)C1CCNCC1. The Balaban J connectivity index is 1.59. The molecule has 0 aromatic heterocycles. The molecule has 1 aromatic rings. The molecule has 0 saturated carbocycles. The molecule has 1 aromatic carbocycles. The summed E-state index contributed by atoms with van der Waals surface area (Å²) in [6, 6.07) is 10.7. The van der Waals surface area contributed by atoms with Crippen molar-refractivity contribution in [2.24, 2.45) is 0 Å². The average molecular weight is 288 g/mol. The van der Waals surface area contributed by atoms with E-state index >= 15 is 0 Å². The molecule has 0 spiro atoms. The highest BCUT2D eigenvalue weighted by Gasteiger charge is 2.34. The van der Waals surface area contributed by atoms with E-state index in [2.05, 4.69) is 28.3 Å². The number of rotatable bonds is 3. The van der Waals surface area contributed by atoms with Crippen molar-refractivity contribution in [1.29, 1.82) is 0 Å². The van der Waals surface area contributed by atoms with Crippen LogP contribution >= 0.6 is 0 Å². The van der Waals surface area contributed by atoms with Gasteiger partial charge in [-0.25, -0.2) is 10.9 Å². The summed E-state index contributed by atoms with van der Waals surface area (Å²) in [6.45, 7) is 2.01. The third-order valence-electron chi connectivity index (χ3n) is 4.61. The second kappa shape index (κ2) is 6.56. The van der Waals surface area contributed by atoms with Crippen LogP contribution in [0.15, 0.2) is 30.3 Å². The third-order valence-corrected chi connectivity index (χ3v) is 4.61. The topological polar surface area (TPSA) is 56.4 Å². The highest BCUT2D eigenvalue weighted by molar-refractivity contribution is 5.82. The number of nitrogens with zero attached hydrogens (tertiary/aromatic N) is 1. The summed E-state index contributed by atoms with van der Waals surface area (Å²) in [5.74, 6) is 0.202. The van der Waals surface area contributed by atoms with Crippen LogP contribution in [0, 0.1) is 0 Å². The Morgan fingerprint density at radius 3 is 2.57 bits per heavy atom. The molecule has 0 radical (unpaired) electrons. The number of nitrogens with one attached hydrogen (secondary N) is 3. The minimum atomic E-state index is -0.130. The molecule has 21 heavy (non-hydrogen) atoms. The molecule has 3 rings (SSSR count). The maximum atomic E-state index is 12.6. The molecule has 1 amide bonds. The largest absolute Gasteiger partial charge is 0.341 e. The number of carbonyl (C=O) groups is 1. The minimum absolute atomic E-state index is 0.130. The molecule has 2 aliphatic heterocycles. The molecule has 2 heterocycles. The molecule has 3 N–H and O–H groups in total. The zero-order valence-corrected chi connectivity index (χ0v) is 12.5. The summed E-state index contributed by atoms with van der Waals surface area (Å²) in [7, 11) is 1.94. The summed E-state index contributed by atoms with van der Waals surface area (Å²) in [5, 5.41) is 3.34. The van der Waals surface area contributed by atoms with Crippen LogP contribution < -0.4 is 16.2 Å². The van der Waals surface area contributed by atoms with Crippen LogP contribution in [-0.4, -0.2) is 43.0 Å². The van der Waals surface area contributed by atoms with Gasteiger partial charge in [-0.1, -0.05) is 30.3 Å². The first kappa shape index (κ1) is 14.5. The van der Waals surface area contributed by atoms with E-state index in [-0.39, 0.29) is 18.0 Å². The van der Waals surface area contributed by atoms with E-state index in [4.69, 9.17) is 0 Å². The van der Waals surface area contributed by atoms with Crippen LogP contribution in [0.3, 0.4) is 0 Å². The molecule has 5 heteroatoms. The van der Waals surface area contributed by atoms with Crippen LogP contribution in [-0.2, 0) is 4.79 Å². The third kappa shape index (κ3) is 3.26. The summed E-state index contributed by atoms with van der Waals surface area (Å²) in [5.41, 5.74) is 7.65. The first-order chi connectivity index (χ1) is 10.3. The van der Waals surface area contributed by atoms with Crippen molar-refractivity contribution in [3.05, 3.63) is 35.9 Å². The smallest absolute Gasteiger partial charge is 0.241 e. The normalized spacial score (nSPS) is 26.7. The lowest BCUT2D eigenvalue weighted by atomic mass is 10.00. The maximum absolute atomic E-state index is 12.6. The van der Waals surface area contributed by atoms with Crippen LogP contribution in [0.2, 0.25) is 0 Å². The highest BCUT2D eigenvalue weighted by atomic mass is 16.2. The quantitative estimate of drug-likeness (QED) is 0.770. The van der Waals surface area contributed by atoms with Gasteiger partial charge in [-0.15, -0.1) is 0 Å². The van der Waals surface area contributed by atoms with Gasteiger partial charge in [0.1, 0.15) is 6.04 Å². The molecule has 2 atom stereocenters. The van der Waals surface area contributed by atoms with Crippen molar-refractivity contribution in [1.82, 2.24) is 21.1 Å². The van der Waals surface area contributed by atoms with E-state index < -0.39 is 0 Å². The van der Waals surface area contributed by atoms with E-state index in [0.29, 0.717) is 6.04 Å². The number of hydrazine groups is 1. The molecular weight excluding hydrogens is 264 g/mol. The monoisotopic (exact) mass is 288 g/mol. The molecule has 0 aliphatic carbocycles. The van der Waals surface area contributed by atoms with Gasteiger partial charge >= 0.3 is 0 Å². The molecule has 2 saturated heterocycles. The van der Waals surface area contributed by atoms with Crippen LogP contribution in [0.4, 0.5) is 0 Å². The van der Waals surface area contributed by atoms with Crippen LogP contribution in [0.5, 0.6) is 0 Å². The Labute approximate surface area is 126 Å². The van der Waals surface area contributed by atoms with Crippen molar-refractivity contribution in [3.8, 4) is 0 Å². The number of hydrogen-bond acceptors (Lipinski definition) is 4. The Kier molecular flexibility index (Phi) is 4.53. The Hall–Kier alpha value is -1.43. The van der Waals surface area contributed by atoms with E-state index in [1.54, 1.807) is 0 Å². The molecular formula is C16H24N4O. The second-order valence-electron chi connectivity index (χ2n) is 5.97. The van der Waals surface area contributed by atoms with E-state index in [0.717, 1.165) is 32.4 Å². The second-order valence-corrected chi connectivity index (χ2v) is 5.97. The maximum Gasteiger partial charge on any atom is 0.241 e. The standard InChI is InChI=1S/C16H24N4O/c1-20(13-7-9-17-10-8-13)16(21)15-11-14(18-19-15)12-5-3-2-4-6-12/h2-6,13-15,17-19H,7-11H2,1H3. The highest BCUT2D eigenvalue weighted by Crippen LogP contribution is 2.23. The lowest BCUT2D eigenvalue weighted by molar-refractivity contribution is -0.134. The fourth-order valence-corrected chi connectivity index (χ4v) is 3.24. The number of benzene rings is 1. The summed E-state index contributed by atoms with van der Waals surface area (Å²) in [6.07, 6.45) is 2.90. The lowest BCUT2D eigenvalue weighted by Crippen LogP contribution is -2.50. The molecule has 2 unspecified atom stereocenters. The van der Waals surface area contributed by atoms with Crippen LogP contribution in [0.1, 0.15) is 30.9 Å². The Morgan fingerprint density at radius 1 is 1.14 bits per heavy atom. The molecule has 114 valence electrons. The average Bonchev–Trinajstić information content (AvgIpc) is 3.05. The summed E-state index contributed by atoms with van der Waals surface area (Å²) >= 11 is 0. The predicted octanol–water partition coefficient (Wildman–Crippen LogP) is 0.805. The number of hydrogen-bond donors (Lipinski definition) is 3. The predicted molar refractivity (Wildman–Crippen MR) is 82.5 cm³/mol. The van der Waals surface area contributed by atoms with Gasteiger partial charge in [-0.3, -0.25) is 4.79 Å². The van der Waals surface area contributed by atoms with Crippen molar-refractivity contribution in [2.45, 2.75) is 37.4 Å². The Morgan fingerprint density at radius 2 is 1.86 bits per heavy atom. The number of carbonyl (C=O) groups excluding carboxylic acids is 1. The first-order valence-corrected chi connectivity index (χ1v) is 7.79. The van der Waals surface area contributed by atoms with E-state index in [1.807, 2.05) is 30.1 Å². The number of piperidine rings is 1. The molecule has 2 aliphatic rings. The fraction of sp³-hybridized carbons (Fsp3) is 0.562. The van der Waals surface area contributed by atoms with E-state index in [9.17, 15) is 4.79 Å². The van der Waals surface area contributed by atoms with Crippen molar-refractivity contribution < 1.29 is 4.79 Å². The first-order valence-electron chi connectivity index (χ1n) is 7.79. The van der Waals surface area contributed by atoms with Crippen molar-refractivity contribution in [2.75, 3.05) is 20.1 Å². The van der Waals surface area contributed by atoms with Crippen molar-refractivity contribution in [3.63, 3.8) is 0 Å². The van der Waals surface area contributed by atoms with Gasteiger partial charge in [0.25, 0.3) is 0 Å². The zero-order valence-electron chi connectivity index (χ0n) is 12.5. The zero-order chi connectivity index (χ0) is 14.7. The van der Waals surface area contributed by atoms with Gasteiger partial charge in [0.05, 0.1) is 0 Å². The molecule has 5 nitrogen and oxygen atoms in total. The van der Waals surface area contributed by atoms with Gasteiger partial charge in [0, 0.05) is 19.1 Å². The Bertz CT molecular complexity index is 472.